The molecule has 0 amide bonds. The lowest BCUT2D eigenvalue weighted by atomic mass is 10.0. The van der Waals surface area contributed by atoms with E-state index in [2.05, 4.69) is 16.9 Å². The van der Waals surface area contributed by atoms with E-state index in [-0.39, 0.29) is 5.56 Å². The smallest absolute Gasteiger partial charge is 0.251 e. The summed E-state index contributed by atoms with van der Waals surface area (Å²) >= 11 is 1.79. The summed E-state index contributed by atoms with van der Waals surface area (Å²) in [7, 11) is 0. The third-order valence-corrected chi connectivity index (χ3v) is 3.91. The van der Waals surface area contributed by atoms with Crippen LogP contribution in [0.1, 0.15) is 50.0 Å². The van der Waals surface area contributed by atoms with Crippen molar-refractivity contribution in [3.63, 3.8) is 0 Å². The van der Waals surface area contributed by atoms with Gasteiger partial charge in [-0.1, -0.05) is 19.8 Å². The monoisotopic (exact) mass is 238 g/mol. The van der Waals surface area contributed by atoms with Crippen LogP contribution in [0.4, 0.5) is 0 Å². The summed E-state index contributed by atoms with van der Waals surface area (Å²) in [5, 5.41) is 0. The van der Waals surface area contributed by atoms with E-state index in [4.69, 9.17) is 0 Å². The predicted molar refractivity (Wildman–Crippen MR) is 67.9 cm³/mol. The zero-order valence-electron chi connectivity index (χ0n) is 9.66. The van der Waals surface area contributed by atoms with E-state index in [9.17, 15) is 4.79 Å². The molecule has 0 spiro atoms. The number of aromatic amines is 1. The van der Waals surface area contributed by atoms with E-state index in [1.165, 1.54) is 25.7 Å². The van der Waals surface area contributed by atoms with Gasteiger partial charge in [0, 0.05) is 12.0 Å². The maximum atomic E-state index is 11.5. The van der Waals surface area contributed by atoms with Gasteiger partial charge in [-0.15, -0.1) is 0 Å². The molecular formula is C12H18N2OS. The standard InChI is InChI=1S/C12H18N2OS/c1-2-16-8-11-13-10(7-12(15)14-11)9-5-3-4-6-9/h7,9H,2-6,8H2,1H3,(H,13,14,15). The van der Waals surface area contributed by atoms with Crippen molar-refractivity contribution in [1.82, 2.24) is 9.97 Å². The minimum atomic E-state index is 0.00334. The number of thioether (sulfide) groups is 1. The summed E-state index contributed by atoms with van der Waals surface area (Å²) in [6.45, 7) is 2.11. The Morgan fingerprint density at radius 3 is 2.94 bits per heavy atom. The molecule has 0 bridgehead atoms. The molecular weight excluding hydrogens is 220 g/mol. The number of nitrogens with zero attached hydrogens (tertiary/aromatic N) is 1. The number of hydrogen-bond acceptors (Lipinski definition) is 3. The van der Waals surface area contributed by atoms with Gasteiger partial charge in [-0.05, 0) is 18.6 Å². The number of aromatic nitrogens is 2. The lowest BCUT2D eigenvalue weighted by Gasteiger charge is -2.09. The fourth-order valence-electron chi connectivity index (χ4n) is 2.23. The fraction of sp³-hybridized carbons (Fsp3) is 0.667. The number of H-pyrrole nitrogens is 1. The molecule has 2 rings (SSSR count). The molecule has 16 heavy (non-hydrogen) atoms. The second-order valence-electron chi connectivity index (χ2n) is 4.24. The quantitative estimate of drug-likeness (QED) is 0.877. The van der Waals surface area contributed by atoms with Gasteiger partial charge in [-0.3, -0.25) is 4.79 Å². The molecule has 1 aromatic rings. The fourth-order valence-corrected chi connectivity index (χ4v) is 2.76. The molecule has 0 aromatic carbocycles. The SMILES string of the molecule is CCSCc1nc(C2CCCC2)cc(=O)[nH]1. The minimum Gasteiger partial charge on any atom is -0.310 e. The largest absolute Gasteiger partial charge is 0.310 e. The van der Waals surface area contributed by atoms with Crippen molar-refractivity contribution in [1.29, 1.82) is 0 Å². The summed E-state index contributed by atoms with van der Waals surface area (Å²) in [5.41, 5.74) is 1.01. The van der Waals surface area contributed by atoms with Crippen LogP contribution in [0.5, 0.6) is 0 Å². The van der Waals surface area contributed by atoms with Crippen molar-refractivity contribution in [3.8, 4) is 0 Å². The van der Waals surface area contributed by atoms with E-state index in [1.54, 1.807) is 17.8 Å². The zero-order valence-corrected chi connectivity index (χ0v) is 10.5. The Morgan fingerprint density at radius 2 is 2.25 bits per heavy atom. The highest BCUT2D eigenvalue weighted by atomic mass is 32.2. The van der Waals surface area contributed by atoms with E-state index in [0.29, 0.717) is 5.92 Å². The summed E-state index contributed by atoms with van der Waals surface area (Å²) in [6.07, 6.45) is 4.93. The Kier molecular flexibility index (Phi) is 4.04. The summed E-state index contributed by atoms with van der Waals surface area (Å²) in [5.74, 6) is 3.22. The summed E-state index contributed by atoms with van der Waals surface area (Å²) in [6, 6.07) is 1.68. The normalized spacial score (nSPS) is 16.8. The van der Waals surface area contributed by atoms with Crippen LogP contribution in [0.2, 0.25) is 0 Å². The molecule has 0 unspecified atom stereocenters. The molecule has 1 heterocycles. The van der Waals surface area contributed by atoms with Crippen LogP contribution >= 0.6 is 11.8 Å². The Labute approximate surface area is 100 Å². The second-order valence-corrected chi connectivity index (χ2v) is 5.51. The van der Waals surface area contributed by atoms with Gasteiger partial charge in [0.15, 0.2) is 0 Å². The van der Waals surface area contributed by atoms with Gasteiger partial charge in [0.1, 0.15) is 5.82 Å². The first-order chi connectivity index (χ1) is 7.79. The van der Waals surface area contributed by atoms with Crippen molar-refractivity contribution >= 4 is 11.8 Å². The molecule has 0 saturated heterocycles. The van der Waals surface area contributed by atoms with Crippen LogP contribution < -0.4 is 5.56 Å². The van der Waals surface area contributed by atoms with Crippen LogP contribution in [-0.2, 0) is 5.75 Å². The molecule has 0 aliphatic heterocycles. The lowest BCUT2D eigenvalue weighted by molar-refractivity contribution is 0.685. The average molecular weight is 238 g/mol. The van der Waals surface area contributed by atoms with Crippen LogP contribution in [-0.4, -0.2) is 15.7 Å². The van der Waals surface area contributed by atoms with Crippen molar-refractivity contribution < 1.29 is 0 Å². The molecule has 1 N–H and O–H groups in total. The first-order valence-corrected chi connectivity index (χ1v) is 7.13. The highest BCUT2D eigenvalue weighted by molar-refractivity contribution is 7.98. The molecule has 3 nitrogen and oxygen atoms in total. The Balaban J connectivity index is 2.17. The topological polar surface area (TPSA) is 45.8 Å². The van der Waals surface area contributed by atoms with Gasteiger partial charge in [0.2, 0.25) is 0 Å². The van der Waals surface area contributed by atoms with Gasteiger partial charge >= 0.3 is 0 Å². The van der Waals surface area contributed by atoms with Crippen molar-refractivity contribution in [2.75, 3.05) is 5.75 Å². The average Bonchev–Trinajstić information content (AvgIpc) is 2.79. The van der Waals surface area contributed by atoms with E-state index >= 15 is 0 Å². The number of nitrogens with one attached hydrogen (secondary N) is 1. The molecule has 1 saturated carbocycles. The first-order valence-electron chi connectivity index (χ1n) is 5.97. The molecule has 1 aliphatic rings. The summed E-state index contributed by atoms with van der Waals surface area (Å²) < 4.78 is 0. The van der Waals surface area contributed by atoms with Crippen molar-refractivity contribution in [3.05, 3.63) is 27.9 Å². The maximum absolute atomic E-state index is 11.5. The minimum absolute atomic E-state index is 0.00334. The van der Waals surface area contributed by atoms with Gasteiger partial charge < -0.3 is 4.98 Å². The zero-order chi connectivity index (χ0) is 11.4. The third-order valence-electron chi connectivity index (χ3n) is 3.03. The third kappa shape index (κ3) is 2.88. The molecule has 1 aliphatic carbocycles. The number of hydrogen-bond donors (Lipinski definition) is 1. The van der Waals surface area contributed by atoms with Crippen LogP contribution in [0.25, 0.3) is 0 Å². The molecule has 1 fully saturated rings. The van der Waals surface area contributed by atoms with Crippen LogP contribution in [0.15, 0.2) is 10.9 Å². The Bertz CT molecular complexity index is 396. The Hall–Kier alpha value is -0.770. The van der Waals surface area contributed by atoms with Gasteiger partial charge in [-0.2, -0.15) is 11.8 Å². The molecule has 0 radical (unpaired) electrons. The maximum Gasteiger partial charge on any atom is 0.251 e. The van der Waals surface area contributed by atoms with Gasteiger partial charge in [0.25, 0.3) is 5.56 Å². The second kappa shape index (κ2) is 5.53. The summed E-state index contributed by atoms with van der Waals surface area (Å²) in [4.78, 5) is 18.9. The van der Waals surface area contributed by atoms with Crippen LogP contribution in [0.3, 0.4) is 0 Å². The lowest BCUT2D eigenvalue weighted by Crippen LogP contribution is -2.13. The molecule has 4 heteroatoms. The van der Waals surface area contributed by atoms with Crippen LogP contribution in [0, 0.1) is 0 Å². The molecule has 0 atom stereocenters. The van der Waals surface area contributed by atoms with Gasteiger partial charge in [0.05, 0.1) is 11.4 Å². The van der Waals surface area contributed by atoms with Crippen molar-refractivity contribution in [2.45, 2.75) is 44.3 Å². The number of rotatable bonds is 4. The van der Waals surface area contributed by atoms with Crippen molar-refractivity contribution in [2.24, 2.45) is 0 Å². The highest BCUT2D eigenvalue weighted by Gasteiger charge is 2.19. The van der Waals surface area contributed by atoms with E-state index < -0.39 is 0 Å². The highest BCUT2D eigenvalue weighted by Crippen LogP contribution is 2.32. The first kappa shape index (κ1) is 11.7. The van der Waals surface area contributed by atoms with E-state index in [1.807, 2.05) is 0 Å². The predicted octanol–water partition coefficient (Wildman–Crippen LogP) is 2.68. The van der Waals surface area contributed by atoms with E-state index in [0.717, 1.165) is 23.0 Å². The Morgan fingerprint density at radius 1 is 1.50 bits per heavy atom. The molecule has 88 valence electrons. The van der Waals surface area contributed by atoms with Gasteiger partial charge in [-0.25, -0.2) is 4.98 Å². The molecule has 1 aromatic heterocycles.